The minimum atomic E-state index is 0.0647. The summed E-state index contributed by atoms with van der Waals surface area (Å²) in [6, 6.07) is 14.1. The number of rotatable bonds is 7. The molecule has 0 spiro atoms. The average Bonchev–Trinajstić information content (AvgIpc) is 3.41. The molecular weight excluding hydrogens is 454 g/mol. The third-order valence-electron chi connectivity index (χ3n) is 6.67. The number of likely N-dealkylation sites (tertiary alicyclic amines) is 1. The molecule has 1 aromatic heterocycles. The highest BCUT2D eigenvalue weighted by atomic mass is 16.5. The van der Waals surface area contributed by atoms with E-state index in [1.807, 2.05) is 42.2 Å². The van der Waals surface area contributed by atoms with Crippen molar-refractivity contribution >= 4 is 5.91 Å². The normalized spacial score (nSPS) is 13.5. The molecule has 2 aromatic carbocycles. The second-order valence-corrected chi connectivity index (χ2v) is 8.83. The van der Waals surface area contributed by atoms with E-state index in [1.54, 1.807) is 7.11 Å². The zero-order valence-electron chi connectivity index (χ0n) is 21.0. The van der Waals surface area contributed by atoms with E-state index in [2.05, 4.69) is 34.2 Å². The molecule has 9 nitrogen and oxygen atoms in total. The van der Waals surface area contributed by atoms with Crippen molar-refractivity contribution in [3.63, 3.8) is 0 Å². The van der Waals surface area contributed by atoms with Gasteiger partial charge in [-0.3, -0.25) is 9.89 Å². The number of carbonyl (C=O) groups excluding carboxylic acids is 1. The van der Waals surface area contributed by atoms with E-state index in [0.29, 0.717) is 35.9 Å². The van der Waals surface area contributed by atoms with Crippen molar-refractivity contribution in [1.82, 2.24) is 20.1 Å². The molecule has 1 aliphatic heterocycles. The van der Waals surface area contributed by atoms with Crippen LogP contribution in [0, 0.1) is 29.0 Å². The number of nitriles is 1. The van der Waals surface area contributed by atoms with Crippen LogP contribution < -0.4 is 0 Å². The Labute approximate surface area is 211 Å². The molecule has 9 heteroatoms. The second-order valence-electron chi connectivity index (χ2n) is 8.83. The van der Waals surface area contributed by atoms with Gasteiger partial charge >= 0.3 is 0 Å². The fourth-order valence-electron chi connectivity index (χ4n) is 4.64. The van der Waals surface area contributed by atoms with Crippen LogP contribution in [-0.4, -0.2) is 52.8 Å². The number of benzene rings is 2. The Hall–Kier alpha value is -4.08. The van der Waals surface area contributed by atoms with Crippen LogP contribution >= 0.6 is 0 Å². The number of H-pyrrole nitrogens is 1. The van der Waals surface area contributed by atoms with E-state index < -0.39 is 0 Å². The standard InChI is InChI=1S/C27H31N5O2.N2/c1-4-20-15-18(2)23(16-24(20)26-29-25(30-31-26)11-14-34-3)27(33)32-12-9-22(10-13-32)21-7-5-19(17-28)6-8-21;1-2/h5-8,15-16,22H,4,9-14H2,1-3H3,(H,29,30,31);. The van der Waals surface area contributed by atoms with Crippen molar-refractivity contribution in [3.05, 3.63) is 70.0 Å². The fraction of sp³-hybridized carbons (Fsp3) is 0.407. The van der Waals surface area contributed by atoms with E-state index in [4.69, 9.17) is 20.8 Å². The summed E-state index contributed by atoms with van der Waals surface area (Å²) in [7, 11) is 1.66. The number of methoxy groups -OCH3 is 1. The van der Waals surface area contributed by atoms with Crippen LogP contribution in [0.15, 0.2) is 36.4 Å². The van der Waals surface area contributed by atoms with Gasteiger partial charge in [0.05, 0.1) is 18.2 Å². The fourth-order valence-corrected chi connectivity index (χ4v) is 4.64. The van der Waals surface area contributed by atoms with Gasteiger partial charge < -0.3 is 9.64 Å². The highest BCUT2D eigenvalue weighted by molar-refractivity contribution is 5.97. The van der Waals surface area contributed by atoms with Crippen LogP contribution in [0.3, 0.4) is 0 Å². The Bertz CT molecular complexity index is 1230. The Balaban J connectivity index is 0.00000176. The molecule has 0 atom stereocenters. The van der Waals surface area contributed by atoms with Gasteiger partial charge in [0.1, 0.15) is 5.82 Å². The van der Waals surface area contributed by atoms with Crippen LogP contribution in [0.1, 0.15) is 64.1 Å². The molecule has 2 heterocycles. The molecule has 0 aliphatic carbocycles. The number of piperidine rings is 1. The van der Waals surface area contributed by atoms with Crippen LogP contribution in [-0.2, 0) is 17.6 Å². The van der Waals surface area contributed by atoms with Crippen LogP contribution in [0.4, 0.5) is 0 Å². The maximum atomic E-state index is 13.5. The zero-order valence-corrected chi connectivity index (χ0v) is 21.0. The van der Waals surface area contributed by atoms with Crippen molar-refractivity contribution < 1.29 is 9.53 Å². The molecule has 3 aromatic rings. The smallest absolute Gasteiger partial charge is 0.254 e. The molecular formula is C27H31N7O2. The number of hydrogen-bond donors (Lipinski definition) is 1. The van der Waals surface area contributed by atoms with Crippen molar-refractivity contribution in [2.45, 2.75) is 45.4 Å². The van der Waals surface area contributed by atoms with Gasteiger partial charge in [0, 0.05) is 48.5 Å². The molecule has 1 fully saturated rings. The van der Waals surface area contributed by atoms with E-state index in [-0.39, 0.29) is 5.91 Å². The lowest BCUT2D eigenvalue weighted by atomic mass is 9.88. The van der Waals surface area contributed by atoms with Gasteiger partial charge in [0.25, 0.3) is 5.91 Å². The summed E-state index contributed by atoms with van der Waals surface area (Å²) in [4.78, 5) is 20.1. The van der Waals surface area contributed by atoms with E-state index >= 15 is 0 Å². The maximum Gasteiger partial charge on any atom is 0.254 e. The number of aryl methyl sites for hydroxylation is 2. The number of hydrogen-bond acceptors (Lipinski definition) is 7. The van der Waals surface area contributed by atoms with Crippen LogP contribution in [0.2, 0.25) is 0 Å². The zero-order chi connectivity index (χ0) is 26.1. The Kier molecular flexibility index (Phi) is 9.26. The summed E-state index contributed by atoms with van der Waals surface area (Å²) in [6.45, 7) is 6.12. The Morgan fingerprint density at radius 2 is 1.89 bits per heavy atom. The molecule has 0 radical (unpaired) electrons. The minimum absolute atomic E-state index is 0.0647. The lowest BCUT2D eigenvalue weighted by molar-refractivity contribution is 0.0712. The molecule has 0 bridgehead atoms. The maximum absolute atomic E-state index is 13.5. The molecule has 186 valence electrons. The van der Waals surface area contributed by atoms with Gasteiger partial charge in [-0.1, -0.05) is 25.1 Å². The highest BCUT2D eigenvalue weighted by Gasteiger charge is 2.26. The SMILES string of the molecule is CCc1cc(C)c(C(=O)N2CCC(c3ccc(C#N)cc3)CC2)cc1-c1n[nH]c(CCOC)n1.N#N. The second kappa shape index (κ2) is 12.6. The first-order valence-corrected chi connectivity index (χ1v) is 12.1. The third-order valence-corrected chi connectivity index (χ3v) is 6.67. The first-order valence-electron chi connectivity index (χ1n) is 12.1. The monoisotopic (exact) mass is 485 g/mol. The first kappa shape index (κ1) is 26.5. The predicted octanol–water partition coefficient (Wildman–Crippen LogP) is 4.45. The summed E-state index contributed by atoms with van der Waals surface area (Å²) >= 11 is 0. The summed E-state index contributed by atoms with van der Waals surface area (Å²) in [5.41, 5.74) is 5.65. The van der Waals surface area contributed by atoms with Crippen molar-refractivity contribution in [3.8, 4) is 17.5 Å². The highest BCUT2D eigenvalue weighted by Crippen LogP contribution is 2.31. The van der Waals surface area contributed by atoms with Crippen molar-refractivity contribution in [2.75, 3.05) is 26.8 Å². The first-order chi connectivity index (χ1) is 17.5. The van der Waals surface area contributed by atoms with Crippen molar-refractivity contribution in [2.24, 2.45) is 0 Å². The van der Waals surface area contributed by atoms with Gasteiger partial charge in [-0.05, 0) is 67.0 Å². The van der Waals surface area contributed by atoms with E-state index in [0.717, 1.165) is 54.9 Å². The minimum Gasteiger partial charge on any atom is -0.384 e. The number of nitrogens with zero attached hydrogens (tertiary/aromatic N) is 6. The number of carbonyl (C=O) groups is 1. The van der Waals surface area contributed by atoms with Gasteiger partial charge in [0.15, 0.2) is 5.82 Å². The molecule has 1 amide bonds. The van der Waals surface area contributed by atoms with Gasteiger partial charge in [-0.15, -0.1) is 0 Å². The lowest BCUT2D eigenvalue weighted by Crippen LogP contribution is -2.38. The molecule has 1 N–H and O–H groups in total. The number of nitrogens with one attached hydrogen (secondary N) is 1. The molecule has 4 rings (SSSR count). The number of aromatic nitrogens is 3. The molecule has 36 heavy (non-hydrogen) atoms. The predicted molar refractivity (Wildman–Crippen MR) is 134 cm³/mol. The summed E-state index contributed by atoms with van der Waals surface area (Å²) in [5, 5.41) is 28.4. The number of amides is 1. The average molecular weight is 486 g/mol. The van der Waals surface area contributed by atoms with Crippen LogP contribution in [0.25, 0.3) is 11.4 Å². The summed E-state index contributed by atoms with van der Waals surface area (Å²) in [6.07, 6.45) is 3.33. The third kappa shape index (κ3) is 5.94. The van der Waals surface area contributed by atoms with E-state index in [9.17, 15) is 4.79 Å². The quantitative estimate of drug-likeness (QED) is 0.487. The lowest BCUT2D eigenvalue weighted by Gasteiger charge is -2.33. The van der Waals surface area contributed by atoms with Gasteiger partial charge in [-0.2, -0.15) is 10.4 Å². The van der Waals surface area contributed by atoms with Crippen molar-refractivity contribution in [1.29, 1.82) is 16.0 Å². The largest absolute Gasteiger partial charge is 0.384 e. The Morgan fingerprint density at radius 1 is 1.19 bits per heavy atom. The van der Waals surface area contributed by atoms with Gasteiger partial charge in [-0.25, -0.2) is 4.98 Å². The van der Waals surface area contributed by atoms with E-state index in [1.165, 1.54) is 5.56 Å². The molecule has 1 aliphatic rings. The van der Waals surface area contributed by atoms with Gasteiger partial charge in [0.2, 0.25) is 0 Å². The molecule has 0 saturated carbocycles. The summed E-state index contributed by atoms with van der Waals surface area (Å²) < 4.78 is 5.13. The summed E-state index contributed by atoms with van der Waals surface area (Å²) in [5.74, 6) is 1.87. The number of ether oxygens (including phenoxy) is 1. The topological polar surface area (TPSA) is 142 Å². The molecule has 1 saturated heterocycles. The van der Waals surface area contributed by atoms with Crippen LogP contribution in [0.5, 0.6) is 0 Å². The Morgan fingerprint density at radius 3 is 2.50 bits per heavy atom. The number of aromatic amines is 1. The molecule has 0 unspecified atom stereocenters.